The fraction of sp³-hybridized carbons (Fsp3) is 0.583. The number of nitrogens with two attached hydrogens (primary N) is 1. The number of esters is 1. The topological polar surface area (TPSA) is 102 Å². The van der Waals surface area contributed by atoms with Gasteiger partial charge < -0.3 is 15.5 Å². The second-order valence-corrected chi connectivity index (χ2v) is 3.94. The van der Waals surface area contributed by atoms with E-state index in [9.17, 15) is 4.79 Å². The van der Waals surface area contributed by atoms with Crippen LogP contribution in [0, 0.1) is 6.92 Å². The Morgan fingerprint density at radius 3 is 2.58 bits per heavy atom. The highest BCUT2D eigenvalue weighted by molar-refractivity contribution is 5.70. The Morgan fingerprint density at radius 1 is 1.32 bits per heavy atom. The van der Waals surface area contributed by atoms with Crippen molar-refractivity contribution in [2.75, 3.05) is 23.9 Å². The molecule has 0 amide bonds. The van der Waals surface area contributed by atoms with E-state index in [0.29, 0.717) is 43.5 Å². The van der Waals surface area contributed by atoms with Gasteiger partial charge in [-0.3, -0.25) is 4.79 Å². The third-order valence-corrected chi connectivity index (χ3v) is 2.57. The number of nitrogens with one attached hydrogen (secondary N) is 2. The van der Waals surface area contributed by atoms with Crippen LogP contribution in [0.3, 0.4) is 0 Å². The zero-order chi connectivity index (χ0) is 14.3. The molecular formula is C12H21N5O2. The minimum Gasteiger partial charge on any atom is -0.466 e. The third kappa shape index (κ3) is 4.36. The highest BCUT2D eigenvalue weighted by atomic mass is 16.5. The second kappa shape index (κ2) is 7.52. The molecule has 0 aliphatic heterocycles. The van der Waals surface area contributed by atoms with E-state index in [1.807, 2.05) is 13.8 Å². The van der Waals surface area contributed by atoms with Gasteiger partial charge in [0, 0.05) is 18.5 Å². The maximum atomic E-state index is 11.2. The average Bonchev–Trinajstić information content (AvgIpc) is 2.41. The van der Waals surface area contributed by atoms with E-state index >= 15 is 0 Å². The molecule has 0 atom stereocenters. The summed E-state index contributed by atoms with van der Waals surface area (Å²) in [6.07, 6.45) is 1.01. The van der Waals surface area contributed by atoms with Gasteiger partial charge in [0.25, 0.3) is 0 Å². The van der Waals surface area contributed by atoms with E-state index in [-0.39, 0.29) is 5.97 Å². The predicted octanol–water partition coefficient (Wildman–Crippen LogP) is 0.998. The van der Waals surface area contributed by atoms with Crippen LogP contribution < -0.4 is 16.6 Å². The molecule has 1 aromatic heterocycles. The van der Waals surface area contributed by atoms with Crippen molar-refractivity contribution < 1.29 is 9.53 Å². The average molecular weight is 267 g/mol. The fourth-order valence-corrected chi connectivity index (χ4v) is 1.55. The quantitative estimate of drug-likeness (QED) is 0.385. The molecule has 0 aliphatic carbocycles. The summed E-state index contributed by atoms with van der Waals surface area (Å²) in [6.45, 7) is 6.47. The summed E-state index contributed by atoms with van der Waals surface area (Å²) in [6, 6.07) is 0. The molecule has 19 heavy (non-hydrogen) atoms. The molecule has 1 aromatic rings. The first-order chi connectivity index (χ1) is 9.12. The number of aryl methyl sites for hydroxylation is 1. The lowest BCUT2D eigenvalue weighted by Gasteiger charge is -2.12. The van der Waals surface area contributed by atoms with Crippen molar-refractivity contribution in [1.29, 1.82) is 0 Å². The molecule has 7 heteroatoms. The smallest absolute Gasteiger partial charge is 0.307 e. The van der Waals surface area contributed by atoms with Crippen LogP contribution in [0.15, 0.2) is 0 Å². The number of anilines is 2. The number of carbonyl (C=O) groups is 1. The van der Waals surface area contributed by atoms with Crippen molar-refractivity contribution >= 4 is 17.6 Å². The molecule has 0 radical (unpaired) electrons. The van der Waals surface area contributed by atoms with Crippen molar-refractivity contribution in [3.8, 4) is 0 Å². The van der Waals surface area contributed by atoms with Crippen molar-refractivity contribution in [2.24, 2.45) is 5.84 Å². The lowest BCUT2D eigenvalue weighted by Crippen LogP contribution is -2.16. The fourth-order valence-electron chi connectivity index (χ4n) is 1.55. The third-order valence-electron chi connectivity index (χ3n) is 2.57. The summed E-state index contributed by atoms with van der Waals surface area (Å²) in [5.74, 6) is 7.15. The molecule has 0 bridgehead atoms. The first-order valence-electron chi connectivity index (χ1n) is 6.35. The second-order valence-electron chi connectivity index (χ2n) is 3.94. The molecule has 0 aromatic carbocycles. The first-order valence-corrected chi connectivity index (χ1v) is 6.35. The van der Waals surface area contributed by atoms with Crippen LogP contribution in [0.2, 0.25) is 0 Å². The molecular weight excluding hydrogens is 246 g/mol. The molecule has 106 valence electrons. The van der Waals surface area contributed by atoms with Crippen LogP contribution in [0.5, 0.6) is 0 Å². The lowest BCUT2D eigenvalue weighted by molar-refractivity contribution is -0.142. The molecule has 7 nitrogen and oxygen atoms in total. The van der Waals surface area contributed by atoms with E-state index in [0.717, 1.165) is 5.56 Å². The summed E-state index contributed by atoms with van der Waals surface area (Å²) in [5, 5.41) is 3.10. The van der Waals surface area contributed by atoms with Crippen LogP contribution in [-0.4, -0.2) is 29.1 Å². The zero-order valence-corrected chi connectivity index (χ0v) is 11.6. The summed E-state index contributed by atoms with van der Waals surface area (Å²) in [4.78, 5) is 19.9. The summed E-state index contributed by atoms with van der Waals surface area (Å²) in [5.41, 5.74) is 3.37. The van der Waals surface area contributed by atoms with Crippen molar-refractivity contribution in [1.82, 2.24) is 9.97 Å². The maximum Gasteiger partial charge on any atom is 0.307 e. The summed E-state index contributed by atoms with van der Waals surface area (Å²) < 4.78 is 4.86. The Labute approximate surface area is 112 Å². The summed E-state index contributed by atoms with van der Waals surface area (Å²) in [7, 11) is 0. The zero-order valence-electron chi connectivity index (χ0n) is 11.6. The van der Waals surface area contributed by atoms with Crippen molar-refractivity contribution in [2.45, 2.75) is 33.6 Å². The normalized spacial score (nSPS) is 10.1. The monoisotopic (exact) mass is 267 g/mol. The van der Waals surface area contributed by atoms with Crippen molar-refractivity contribution in [3.05, 3.63) is 11.4 Å². The number of carbonyl (C=O) groups excluding carboxylic acids is 1. The molecule has 0 unspecified atom stereocenters. The molecule has 1 heterocycles. The van der Waals surface area contributed by atoms with Crippen LogP contribution >= 0.6 is 0 Å². The van der Waals surface area contributed by atoms with Gasteiger partial charge >= 0.3 is 5.97 Å². The molecule has 0 spiro atoms. The Balaban J connectivity index is 2.69. The predicted molar refractivity (Wildman–Crippen MR) is 73.7 cm³/mol. The highest BCUT2D eigenvalue weighted by Crippen LogP contribution is 2.19. The largest absolute Gasteiger partial charge is 0.466 e. The van der Waals surface area contributed by atoms with Gasteiger partial charge in [0.1, 0.15) is 17.5 Å². The number of hydrogen-bond acceptors (Lipinski definition) is 7. The standard InChI is InChI=1S/C12H21N5O2/c1-4-9-15-11(8(3)12(16-9)17-13)14-7-6-10(18)19-5-2/h4-7,13H2,1-3H3,(H2,14,15,16,17). The number of hydrazine groups is 1. The number of hydrogen-bond donors (Lipinski definition) is 3. The molecule has 0 aliphatic rings. The van der Waals surface area contributed by atoms with Crippen LogP contribution in [0.25, 0.3) is 0 Å². The molecule has 4 N–H and O–H groups in total. The van der Waals surface area contributed by atoms with E-state index in [4.69, 9.17) is 10.6 Å². The SMILES string of the molecule is CCOC(=O)CCNc1nc(CC)nc(NN)c1C. The van der Waals surface area contributed by atoms with Crippen LogP contribution in [-0.2, 0) is 16.0 Å². The maximum absolute atomic E-state index is 11.2. The number of rotatable bonds is 7. The highest BCUT2D eigenvalue weighted by Gasteiger charge is 2.09. The number of aromatic nitrogens is 2. The minimum atomic E-state index is -0.227. The van der Waals surface area contributed by atoms with E-state index in [1.165, 1.54) is 0 Å². The number of nitrogens with zero attached hydrogens (tertiary/aromatic N) is 2. The van der Waals surface area contributed by atoms with Gasteiger partial charge in [-0.1, -0.05) is 6.92 Å². The van der Waals surface area contributed by atoms with Gasteiger partial charge in [-0.05, 0) is 13.8 Å². The lowest BCUT2D eigenvalue weighted by atomic mass is 10.3. The van der Waals surface area contributed by atoms with E-state index < -0.39 is 0 Å². The summed E-state index contributed by atoms with van der Waals surface area (Å²) >= 11 is 0. The molecule has 1 rings (SSSR count). The van der Waals surface area contributed by atoms with Gasteiger partial charge in [0.2, 0.25) is 0 Å². The van der Waals surface area contributed by atoms with Gasteiger partial charge in [-0.2, -0.15) is 0 Å². The Morgan fingerprint density at radius 2 is 2.00 bits per heavy atom. The van der Waals surface area contributed by atoms with Crippen molar-refractivity contribution in [3.63, 3.8) is 0 Å². The van der Waals surface area contributed by atoms with Crippen LogP contribution in [0.4, 0.5) is 11.6 Å². The molecule has 0 saturated carbocycles. The van der Waals surface area contributed by atoms with Gasteiger partial charge in [-0.25, -0.2) is 15.8 Å². The van der Waals surface area contributed by atoms with E-state index in [2.05, 4.69) is 20.7 Å². The van der Waals surface area contributed by atoms with Crippen LogP contribution in [0.1, 0.15) is 31.7 Å². The molecule has 0 saturated heterocycles. The first kappa shape index (κ1) is 15.2. The van der Waals surface area contributed by atoms with Gasteiger partial charge in [0.15, 0.2) is 0 Å². The molecule has 0 fully saturated rings. The van der Waals surface area contributed by atoms with E-state index in [1.54, 1.807) is 6.92 Å². The number of ether oxygens (including phenoxy) is 1. The number of nitrogen functional groups attached to an aromatic ring is 1. The van der Waals surface area contributed by atoms with Gasteiger partial charge in [0.05, 0.1) is 13.0 Å². The minimum absolute atomic E-state index is 0.227. The Bertz CT molecular complexity index is 436. The Kier molecular flexibility index (Phi) is 6.01. The van der Waals surface area contributed by atoms with Gasteiger partial charge in [-0.15, -0.1) is 0 Å². The Hall–Kier alpha value is -1.89.